The van der Waals surface area contributed by atoms with E-state index < -0.39 is 15.6 Å². The van der Waals surface area contributed by atoms with E-state index in [9.17, 15) is 8.42 Å². The van der Waals surface area contributed by atoms with E-state index in [0.29, 0.717) is 31.2 Å². The second-order valence-corrected chi connectivity index (χ2v) is 8.92. The quantitative estimate of drug-likeness (QED) is 0.617. The number of nitrogens with zero attached hydrogens (tertiary/aromatic N) is 2. The Morgan fingerprint density at radius 2 is 2.08 bits per heavy atom. The molecule has 1 fully saturated rings. The zero-order valence-electron chi connectivity index (χ0n) is 15.3. The van der Waals surface area contributed by atoms with Crippen molar-refractivity contribution in [1.82, 2.24) is 9.62 Å². The molecule has 2 rings (SSSR count). The van der Waals surface area contributed by atoms with Crippen LogP contribution in [0.5, 0.6) is 0 Å². The first-order valence-electron chi connectivity index (χ1n) is 8.37. The van der Waals surface area contributed by atoms with Gasteiger partial charge in [-0.05, 0) is 39.3 Å². The van der Waals surface area contributed by atoms with Gasteiger partial charge in [-0.2, -0.15) is 0 Å². The molecule has 1 heterocycles. The maximum Gasteiger partial charge on any atom is 0.241 e. The molecule has 1 aliphatic heterocycles. The van der Waals surface area contributed by atoms with Crippen molar-refractivity contribution in [2.75, 3.05) is 19.7 Å². The number of hydrogen-bond donors (Lipinski definition) is 2. The number of guanidine groups is 1. The van der Waals surface area contributed by atoms with E-state index in [1.54, 1.807) is 24.3 Å². The van der Waals surface area contributed by atoms with Gasteiger partial charge in [-0.3, -0.25) is 0 Å². The van der Waals surface area contributed by atoms with Crippen LogP contribution in [0.15, 0.2) is 34.2 Å². The van der Waals surface area contributed by atoms with E-state index in [2.05, 4.69) is 9.71 Å². The van der Waals surface area contributed by atoms with E-state index in [4.69, 9.17) is 10.5 Å². The van der Waals surface area contributed by atoms with Gasteiger partial charge >= 0.3 is 0 Å². The third kappa shape index (κ3) is 5.69. The third-order valence-corrected chi connectivity index (χ3v) is 5.54. The first-order valence-corrected chi connectivity index (χ1v) is 9.85. The summed E-state index contributed by atoms with van der Waals surface area (Å²) in [6.45, 7) is 9.59. The molecule has 0 radical (unpaired) electrons. The van der Waals surface area contributed by atoms with Gasteiger partial charge in [-0.15, -0.1) is 0 Å². The summed E-state index contributed by atoms with van der Waals surface area (Å²) in [6, 6.07) is 6.85. The number of nitrogens with two attached hydrogens (primary N) is 1. The topological polar surface area (TPSA) is 97.0 Å². The van der Waals surface area contributed by atoms with E-state index in [-0.39, 0.29) is 17.5 Å². The fraction of sp³-hybridized carbons (Fsp3) is 0.588. The van der Waals surface area contributed by atoms with Gasteiger partial charge in [0.15, 0.2) is 5.96 Å². The highest BCUT2D eigenvalue weighted by Gasteiger charge is 2.24. The summed E-state index contributed by atoms with van der Waals surface area (Å²) in [5.74, 6) is 0.408. The smallest absolute Gasteiger partial charge is 0.241 e. The molecule has 0 amide bonds. The molecular formula is C17H28N4O3S. The monoisotopic (exact) mass is 368 g/mol. The average Bonchev–Trinajstić information content (AvgIpc) is 2.50. The van der Waals surface area contributed by atoms with Crippen LogP contribution in [-0.4, -0.2) is 50.6 Å². The molecule has 25 heavy (non-hydrogen) atoms. The maximum absolute atomic E-state index is 12.6. The van der Waals surface area contributed by atoms with Crippen LogP contribution in [-0.2, 0) is 21.3 Å². The number of sulfonamides is 1. The van der Waals surface area contributed by atoms with Crippen molar-refractivity contribution in [3.05, 3.63) is 29.8 Å². The summed E-state index contributed by atoms with van der Waals surface area (Å²) >= 11 is 0. The molecule has 0 aromatic heterocycles. The molecule has 7 nitrogen and oxygen atoms in total. The second kappa shape index (κ2) is 7.72. The minimum atomic E-state index is -3.62. The van der Waals surface area contributed by atoms with Crippen molar-refractivity contribution in [2.45, 2.75) is 50.8 Å². The van der Waals surface area contributed by atoms with Crippen LogP contribution in [0.4, 0.5) is 0 Å². The minimum Gasteiger partial charge on any atom is -0.375 e. The highest BCUT2D eigenvalue weighted by atomic mass is 32.2. The molecule has 1 atom stereocenters. The number of benzene rings is 1. The first kappa shape index (κ1) is 19.7. The van der Waals surface area contributed by atoms with Gasteiger partial charge in [0.2, 0.25) is 10.0 Å². The lowest BCUT2D eigenvalue weighted by Gasteiger charge is -2.31. The fourth-order valence-corrected chi connectivity index (χ4v) is 4.30. The van der Waals surface area contributed by atoms with Gasteiger partial charge in [0.25, 0.3) is 0 Å². The van der Waals surface area contributed by atoms with E-state index >= 15 is 0 Å². The van der Waals surface area contributed by atoms with Crippen LogP contribution in [0.3, 0.4) is 0 Å². The van der Waals surface area contributed by atoms with Gasteiger partial charge in [0, 0.05) is 18.6 Å². The van der Waals surface area contributed by atoms with Crippen LogP contribution >= 0.6 is 0 Å². The van der Waals surface area contributed by atoms with E-state index in [0.717, 1.165) is 0 Å². The Labute approximate surface area is 150 Å². The highest BCUT2D eigenvalue weighted by Crippen LogP contribution is 2.18. The Morgan fingerprint density at radius 1 is 1.40 bits per heavy atom. The molecule has 0 aliphatic carbocycles. The van der Waals surface area contributed by atoms with Gasteiger partial charge in [-0.1, -0.05) is 18.2 Å². The van der Waals surface area contributed by atoms with E-state index in [1.807, 2.05) is 32.6 Å². The van der Waals surface area contributed by atoms with E-state index in [1.165, 1.54) is 0 Å². The molecular weight excluding hydrogens is 340 g/mol. The molecule has 1 aromatic rings. The number of ether oxygens (including phenoxy) is 1. The lowest BCUT2D eigenvalue weighted by Crippen LogP contribution is -2.47. The van der Waals surface area contributed by atoms with Crippen molar-refractivity contribution in [1.29, 1.82) is 0 Å². The number of rotatable bonds is 4. The van der Waals surface area contributed by atoms with Crippen LogP contribution in [0.2, 0.25) is 0 Å². The number of aliphatic imine (C=N–C) groups is 1. The van der Waals surface area contributed by atoms with Crippen LogP contribution in [0.25, 0.3) is 0 Å². The lowest BCUT2D eigenvalue weighted by atomic mass is 10.1. The van der Waals surface area contributed by atoms with Gasteiger partial charge in [0.05, 0.1) is 24.2 Å². The Balaban J connectivity index is 2.19. The SMILES string of the molecule is CC1CN(C(N)=NCc2ccccc2S(=O)(=O)NC(C)(C)C)CCO1. The lowest BCUT2D eigenvalue weighted by molar-refractivity contribution is 0.00528. The molecule has 0 spiro atoms. The van der Waals surface area contributed by atoms with Crippen molar-refractivity contribution in [3.63, 3.8) is 0 Å². The number of morpholine rings is 1. The summed E-state index contributed by atoms with van der Waals surface area (Å²) in [7, 11) is -3.62. The standard InChI is InChI=1S/C17H28N4O3S/c1-13-12-21(9-10-24-13)16(18)19-11-14-7-5-6-8-15(14)25(22,23)20-17(2,3)4/h5-8,13,20H,9-12H2,1-4H3,(H2,18,19). The summed E-state index contributed by atoms with van der Waals surface area (Å²) in [5.41, 5.74) is 6.13. The fourth-order valence-electron chi connectivity index (χ4n) is 2.65. The molecule has 0 saturated carbocycles. The van der Waals surface area contributed by atoms with Crippen LogP contribution in [0, 0.1) is 0 Å². The Kier molecular flexibility index (Phi) is 6.08. The summed E-state index contributed by atoms with van der Waals surface area (Å²) in [5, 5.41) is 0. The van der Waals surface area contributed by atoms with Gasteiger partial charge in [-0.25, -0.2) is 18.1 Å². The van der Waals surface area contributed by atoms with Crippen molar-refractivity contribution >= 4 is 16.0 Å². The summed E-state index contributed by atoms with van der Waals surface area (Å²) in [4.78, 5) is 6.59. The van der Waals surface area contributed by atoms with Gasteiger partial charge < -0.3 is 15.4 Å². The summed E-state index contributed by atoms with van der Waals surface area (Å²) in [6.07, 6.45) is 0.103. The number of nitrogens with one attached hydrogen (secondary N) is 1. The molecule has 1 aliphatic rings. The molecule has 1 aromatic carbocycles. The normalized spacial score (nSPS) is 19.9. The van der Waals surface area contributed by atoms with Crippen molar-refractivity contribution in [3.8, 4) is 0 Å². The minimum absolute atomic E-state index is 0.103. The number of hydrogen-bond acceptors (Lipinski definition) is 4. The molecule has 1 unspecified atom stereocenters. The largest absolute Gasteiger partial charge is 0.375 e. The average molecular weight is 369 g/mol. The maximum atomic E-state index is 12.6. The van der Waals surface area contributed by atoms with Crippen molar-refractivity contribution < 1.29 is 13.2 Å². The zero-order chi connectivity index (χ0) is 18.7. The van der Waals surface area contributed by atoms with Gasteiger partial charge in [0.1, 0.15) is 0 Å². The predicted octanol–water partition coefficient (Wildman–Crippen LogP) is 1.30. The Bertz CT molecular complexity index is 726. The first-order chi connectivity index (χ1) is 11.6. The second-order valence-electron chi connectivity index (χ2n) is 7.27. The Hall–Kier alpha value is -1.64. The van der Waals surface area contributed by atoms with Crippen LogP contribution < -0.4 is 10.5 Å². The highest BCUT2D eigenvalue weighted by molar-refractivity contribution is 7.89. The molecule has 8 heteroatoms. The molecule has 3 N–H and O–H groups in total. The molecule has 140 valence electrons. The zero-order valence-corrected chi connectivity index (χ0v) is 16.1. The van der Waals surface area contributed by atoms with Crippen molar-refractivity contribution in [2.24, 2.45) is 10.7 Å². The Morgan fingerprint density at radius 3 is 2.72 bits per heavy atom. The van der Waals surface area contributed by atoms with Crippen LogP contribution in [0.1, 0.15) is 33.3 Å². The molecule has 0 bridgehead atoms. The summed E-state index contributed by atoms with van der Waals surface area (Å²) < 4.78 is 33.4. The molecule has 1 saturated heterocycles. The predicted molar refractivity (Wildman–Crippen MR) is 98.8 cm³/mol. The third-order valence-electron chi connectivity index (χ3n) is 3.68.